The first-order valence-electron chi connectivity index (χ1n) is 13.1. The van der Waals surface area contributed by atoms with E-state index in [0.29, 0.717) is 20.4 Å². The summed E-state index contributed by atoms with van der Waals surface area (Å²) in [6.45, 7) is 3.97. The number of esters is 1. The molecule has 1 aliphatic rings. The molecule has 12 nitrogen and oxygen atoms in total. The fourth-order valence-corrected chi connectivity index (χ4v) is 6.42. The maximum Gasteiger partial charge on any atom is 0.427 e. The molecule has 0 aliphatic carbocycles. The summed E-state index contributed by atoms with van der Waals surface area (Å²) in [6.07, 6.45) is -5.06. The summed E-state index contributed by atoms with van der Waals surface area (Å²) in [5.74, 6) is -1.76. The number of sulfonamides is 1. The number of fused-ring (bicyclic) bond motifs is 1. The van der Waals surface area contributed by atoms with Crippen LogP contribution in [0.25, 0.3) is 0 Å². The Kier molecular flexibility index (Phi) is 10.1. The Labute approximate surface area is 242 Å². The van der Waals surface area contributed by atoms with Crippen molar-refractivity contribution >= 4 is 31.5 Å². The Balaban J connectivity index is 2.03. The van der Waals surface area contributed by atoms with Gasteiger partial charge in [-0.3, -0.25) is 13.8 Å². The van der Waals surface area contributed by atoms with Crippen molar-refractivity contribution in [1.29, 1.82) is 0 Å². The van der Waals surface area contributed by atoms with Crippen LogP contribution in [0.15, 0.2) is 29.3 Å². The van der Waals surface area contributed by atoms with Crippen LogP contribution in [0.3, 0.4) is 0 Å². The van der Waals surface area contributed by atoms with E-state index in [0.717, 1.165) is 4.31 Å². The second-order valence-electron chi connectivity index (χ2n) is 9.99. The highest BCUT2D eigenvalue weighted by Gasteiger charge is 2.50. The molecule has 42 heavy (non-hydrogen) atoms. The predicted molar refractivity (Wildman–Crippen MR) is 145 cm³/mol. The lowest BCUT2D eigenvalue weighted by Gasteiger charge is -2.35. The number of aromatic nitrogens is 2. The van der Waals surface area contributed by atoms with Crippen molar-refractivity contribution in [3.63, 3.8) is 0 Å². The number of nitrogens with zero attached hydrogens (tertiary/aromatic N) is 3. The number of aliphatic hydroxyl groups is 1. The first-order chi connectivity index (χ1) is 19.4. The average molecular weight is 642 g/mol. The van der Waals surface area contributed by atoms with E-state index in [-0.39, 0.29) is 58.9 Å². The van der Waals surface area contributed by atoms with Gasteiger partial charge in [0.15, 0.2) is 4.90 Å². The van der Waals surface area contributed by atoms with Crippen LogP contribution in [0.2, 0.25) is 0 Å². The van der Waals surface area contributed by atoms with Crippen molar-refractivity contribution in [3.05, 3.63) is 30.0 Å². The Morgan fingerprint density at radius 2 is 1.88 bits per heavy atom. The molecule has 236 valence electrons. The molecule has 2 heterocycles. The van der Waals surface area contributed by atoms with Gasteiger partial charge in [0.05, 0.1) is 31.0 Å². The standard InChI is InChI=1S/C25H34F3N3O9S2/c1-5-30-16-21(23(29-30)38-11-10-32)42(36,37)31-15-18(9-12-41(34,35)6-2)39-20-8-7-17(13-19(20)31)14-22(33)40-24(3,4)25(26,27)28/h7-8,13,16,18,32H,5-6,9-12,14-15H2,1-4H3/t18-/m0/s1. The van der Waals surface area contributed by atoms with E-state index in [2.05, 4.69) is 9.84 Å². The van der Waals surface area contributed by atoms with E-state index >= 15 is 0 Å². The molecule has 0 fully saturated rings. The summed E-state index contributed by atoms with van der Waals surface area (Å²) in [5, 5.41) is 13.3. The predicted octanol–water partition coefficient (Wildman–Crippen LogP) is 2.48. The van der Waals surface area contributed by atoms with Crippen LogP contribution in [-0.4, -0.2) is 86.8 Å². The fraction of sp³-hybridized carbons (Fsp3) is 0.600. The molecule has 0 bridgehead atoms. The number of ether oxygens (including phenoxy) is 3. The molecule has 0 saturated carbocycles. The summed E-state index contributed by atoms with van der Waals surface area (Å²) in [4.78, 5) is 12.1. The van der Waals surface area contributed by atoms with E-state index in [9.17, 15) is 39.9 Å². The lowest BCUT2D eigenvalue weighted by atomic mass is 10.1. The second-order valence-corrected chi connectivity index (χ2v) is 14.3. The molecule has 3 rings (SSSR count). The highest BCUT2D eigenvalue weighted by atomic mass is 32.2. The molecule has 2 aromatic rings. The third-order valence-corrected chi connectivity index (χ3v) is 9.96. The highest BCUT2D eigenvalue weighted by molar-refractivity contribution is 7.93. The van der Waals surface area contributed by atoms with Gasteiger partial charge in [0.2, 0.25) is 5.60 Å². The highest BCUT2D eigenvalue weighted by Crippen LogP contribution is 2.40. The van der Waals surface area contributed by atoms with Gasteiger partial charge < -0.3 is 19.3 Å². The normalized spacial score (nSPS) is 16.1. The average Bonchev–Trinajstić information content (AvgIpc) is 3.33. The summed E-state index contributed by atoms with van der Waals surface area (Å²) < 4.78 is 110. The number of halogens is 3. The van der Waals surface area contributed by atoms with Crippen molar-refractivity contribution in [1.82, 2.24) is 9.78 Å². The first kappa shape index (κ1) is 33.5. The van der Waals surface area contributed by atoms with Gasteiger partial charge in [0.1, 0.15) is 28.3 Å². The molecule has 0 saturated heterocycles. The van der Waals surface area contributed by atoms with Gasteiger partial charge in [-0.05, 0) is 44.9 Å². The number of hydrogen-bond donors (Lipinski definition) is 1. The zero-order valence-corrected chi connectivity index (χ0v) is 25.2. The van der Waals surface area contributed by atoms with Gasteiger partial charge in [-0.1, -0.05) is 13.0 Å². The molecule has 0 amide bonds. The smallest absolute Gasteiger partial charge is 0.427 e. The van der Waals surface area contributed by atoms with Gasteiger partial charge in [0.25, 0.3) is 15.9 Å². The van der Waals surface area contributed by atoms with Crippen molar-refractivity contribution < 1.29 is 54.1 Å². The number of benzene rings is 1. The zero-order chi connectivity index (χ0) is 31.5. The minimum absolute atomic E-state index is 0.0235. The number of aryl methyl sites for hydroxylation is 1. The molecular weight excluding hydrogens is 607 g/mol. The zero-order valence-electron chi connectivity index (χ0n) is 23.5. The van der Waals surface area contributed by atoms with Crippen LogP contribution in [0.4, 0.5) is 18.9 Å². The third kappa shape index (κ3) is 7.66. The Morgan fingerprint density at radius 3 is 2.48 bits per heavy atom. The van der Waals surface area contributed by atoms with Crippen LogP contribution in [0.1, 0.15) is 39.7 Å². The molecule has 1 N–H and O–H groups in total. The van der Waals surface area contributed by atoms with E-state index in [1.165, 1.54) is 36.0 Å². The second kappa shape index (κ2) is 12.7. The summed E-state index contributed by atoms with van der Waals surface area (Å²) in [7, 11) is -7.86. The number of aliphatic hydroxyl groups excluding tert-OH is 1. The SMILES string of the molecule is CCn1cc(S(=O)(=O)N2C[C@H](CCS(=O)(=O)CC)Oc3ccc(CC(=O)OC(C)(C)C(F)(F)F)cc32)c(OCCO)n1. The number of carbonyl (C=O) groups is 1. The van der Waals surface area contributed by atoms with E-state index in [4.69, 9.17) is 9.47 Å². The van der Waals surface area contributed by atoms with E-state index in [1.54, 1.807) is 6.92 Å². The molecule has 17 heteroatoms. The maximum absolute atomic E-state index is 14.0. The van der Waals surface area contributed by atoms with Crippen molar-refractivity contribution in [2.24, 2.45) is 0 Å². The Hall–Kier alpha value is -3.05. The van der Waals surface area contributed by atoms with Crippen LogP contribution in [0, 0.1) is 0 Å². The monoisotopic (exact) mass is 641 g/mol. The number of carbonyl (C=O) groups excluding carboxylic acids is 1. The summed E-state index contributed by atoms with van der Waals surface area (Å²) in [6, 6.07) is 4.02. The fourth-order valence-electron chi connectivity index (χ4n) is 3.93. The third-order valence-electron chi connectivity index (χ3n) is 6.46. The Bertz CT molecular complexity index is 1490. The summed E-state index contributed by atoms with van der Waals surface area (Å²) >= 11 is 0. The summed E-state index contributed by atoms with van der Waals surface area (Å²) in [5.41, 5.74) is -2.62. The quantitative estimate of drug-likeness (QED) is 0.323. The molecule has 0 radical (unpaired) electrons. The number of sulfone groups is 1. The molecule has 0 spiro atoms. The number of anilines is 1. The minimum Gasteiger partial charge on any atom is -0.486 e. The van der Waals surface area contributed by atoms with Crippen molar-refractivity contribution in [3.8, 4) is 11.6 Å². The van der Waals surface area contributed by atoms with Gasteiger partial charge in [-0.2, -0.15) is 13.2 Å². The largest absolute Gasteiger partial charge is 0.486 e. The van der Waals surface area contributed by atoms with E-state index < -0.39 is 56.7 Å². The molecule has 0 unspecified atom stereocenters. The number of rotatable bonds is 13. The van der Waals surface area contributed by atoms with Gasteiger partial charge in [-0.25, -0.2) is 16.8 Å². The van der Waals surface area contributed by atoms with E-state index in [1.807, 2.05) is 0 Å². The first-order valence-corrected chi connectivity index (χ1v) is 16.3. The molecule has 1 aromatic heterocycles. The molecule has 1 aromatic carbocycles. The van der Waals surface area contributed by atoms with Crippen LogP contribution >= 0.6 is 0 Å². The lowest BCUT2D eigenvalue weighted by Crippen LogP contribution is -2.44. The van der Waals surface area contributed by atoms with Crippen molar-refractivity contribution in [2.45, 2.75) is 69.9 Å². The molecule has 1 aliphatic heterocycles. The van der Waals surface area contributed by atoms with Crippen molar-refractivity contribution in [2.75, 3.05) is 35.6 Å². The van der Waals surface area contributed by atoms with Crippen LogP contribution < -0.4 is 13.8 Å². The maximum atomic E-state index is 14.0. The topological polar surface area (TPSA) is 154 Å². The van der Waals surface area contributed by atoms with Gasteiger partial charge >= 0.3 is 12.1 Å². The molecular formula is C25H34F3N3O9S2. The minimum atomic E-state index is -4.81. The molecule has 1 atom stereocenters. The van der Waals surface area contributed by atoms with Crippen LogP contribution in [-0.2, 0) is 42.4 Å². The number of alkyl halides is 3. The van der Waals surface area contributed by atoms with Gasteiger partial charge in [-0.15, -0.1) is 5.10 Å². The Morgan fingerprint density at radius 1 is 1.19 bits per heavy atom. The van der Waals surface area contributed by atoms with Gasteiger partial charge in [0, 0.05) is 18.5 Å². The lowest BCUT2D eigenvalue weighted by molar-refractivity contribution is -0.257. The van der Waals surface area contributed by atoms with Crippen LogP contribution in [0.5, 0.6) is 11.6 Å². The number of hydrogen-bond acceptors (Lipinski definition) is 10.